The minimum Gasteiger partial charge on any atom is -0.494 e. The van der Waals surface area contributed by atoms with Gasteiger partial charge in [0, 0.05) is 18.2 Å². The number of nitrogens with zero attached hydrogens (tertiary/aromatic N) is 1. The van der Waals surface area contributed by atoms with Gasteiger partial charge in [-0.2, -0.15) is 0 Å². The normalized spacial score (nSPS) is 10.9. The van der Waals surface area contributed by atoms with Crippen LogP contribution < -0.4 is 23.8 Å². The van der Waals surface area contributed by atoms with Gasteiger partial charge in [-0.3, -0.25) is 9.10 Å². The topological polar surface area (TPSA) is 94.2 Å². The number of hydrogen-bond acceptors (Lipinski definition) is 6. The van der Waals surface area contributed by atoms with Crippen molar-refractivity contribution in [2.45, 2.75) is 18.4 Å². The van der Waals surface area contributed by atoms with Crippen molar-refractivity contribution in [3.05, 3.63) is 78.4 Å². The molecule has 1 N–H and O–H groups in total. The Labute approximate surface area is 200 Å². The number of hydrogen-bond donors (Lipinski definition) is 1. The number of sulfonamides is 1. The van der Waals surface area contributed by atoms with Gasteiger partial charge in [0.1, 0.15) is 12.3 Å². The molecule has 1 amide bonds. The predicted octanol–water partition coefficient (Wildman–Crippen LogP) is 3.61. The van der Waals surface area contributed by atoms with Crippen LogP contribution in [0, 0.1) is 0 Å². The molecule has 0 aromatic heterocycles. The molecule has 0 aliphatic rings. The van der Waals surface area contributed by atoms with Crippen molar-refractivity contribution in [3.8, 4) is 17.2 Å². The first-order valence-electron chi connectivity index (χ1n) is 10.7. The molecule has 0 saturated heterocycles. The van der Waals surface area contributed by atoms with Gasteiger partial charge in [0.05, 0.1) is 31.4 Å². The highest BCUT2D eigenvalue weighted by Crippen LogP contribution is 2.32. The third kappa shape index (κ3) is 5.79. The van der Waals surface area contributed by atoms with Crippen molar-refractivity contribution in [1.29, 1.82) is 0 Å². The van der Waals surface area contributed by atoms with Crippen LogP contribution in [0.1, 0.15) is 12.5 Å². The maximum atomic E-state index is 13.6. The highest BCUT2D eigenvalue weighted by atomic mass is 32.2. The molecule has 0 radical (unpaired) electrons. The zero-order valence-electron chi connectivity index (χ0n) is 19.4. The Balaban J connectivity index is 1.87. The molecule has 0 unspecified atom stereocenters. The van der Waals surface area contributed by atoms with Gasteiger partial charge in [0.25, 0.3) is 10.0 Å². The van der Waals surface area contributed by atoms with E-state index in [1.54, 1.807) is 30.3 Å². The van der Waals surface area contributed by atoms with E-state index in [1.807, 2.05) is 31.2 Å². The quantitative estimate of drug-likeness (QED) is 0.447. The van der Waals surface area contributed by atoms with Gasteiger partial charge >= 0.3 is 0 Å². The molecule has 0 atom stereocenters. The molecule has 34 heavy (non-hydrogen) atoms. The van der Waals surface area contributed by atoms with Gasteiger partial charge in [-0.15, -0.1) is 0 Å². The van der Waals surface area contributed by atoms with Crippen LogP contribution in [0.25, 0.3) is 0 Å². The third-order valence-electron chi connectivity index (χ3n) is 5.02. The van der Waals surface area contributed by atoms with Crippen molar-refractivity contribution >= 4 is 21.6 Å². The molecule has 0 fully saturated rings. The number of amides is 1. The van der Waals surface area contributed by atoms with E-state index in [-0.39, 0.29) is 17.2 Å². The summed E-state index contributed by atoms with van der Waals surface area (Å²) in [5.41, 5.74) is 1.16. The number of para-hydroxylation sites is 2. The molecular weight excluding hydrogens is 456 g/mol. The van der Waals surface area contributed by atoms with Crippen molar-refractivity contribution < 1.29 is 27.4 Å². The molecular formula is C25H28N2O6S. The summed E-state index contributed by atoms with van der Waals surface area (Å²) in [5.74, 6) is 0.884. The first-order valence-corrected chi connectivity index (χ1v) is 12.1. The first-order chi connectivity index (χ1) is 16.4. The minimum absolute atomic E-state index is 0.0245. The van der Waals surface area contributed by atoms with Crippen LogP contribution in [0.4, 0.5) is 5.69 Å². The van der Waals surface area contributed by atoms with E-state index >= 15 is 0 Å². The van der Waals surface area contributed by atoms with Crippen molar-refractivity contribution in [2.24, 2.45) is 0 Å². The fourth-order valence-electron chi connectivity index (χ4n) is 3.34. The number of ether oxygens (including phenoxy) is 3. The van der Waals surface area contributed by atoms with E-state index in [1.165, 1.54) is 32.4 Å². The zero-order chi connectivity index (χ0) is 24.6. The summed E-state index contributed by atoms with van der Waals surface area (Å²) in [6.07, 6.45) is 0. The number of benzene rings is 3. The van der Waals surface area contributed by atoms with Crippen molar-refractivity contribution in [1.82, 2.24) is 5.32 Å². The number of carbonyl (C=O) groups is 1. The average Bonchev–Trinajstić information content (AvgIpc) is 2.86. The van der Waals surface area contributed by atoms with Gasteiger partial charge < -0.3 is 19.5 Å². The second-order valence-corrected chi connectivity index (χ2v) is 9.04. The average molecular weight is 485 g/mol. The van der Waals surface area contributed by atoms with E-state index in [0.29, 0.717) is 23.8 Å². The Bertz CT molecular complexity index is 1220. The van der Waals surface area contributed by atoms with Crippen LogP contribution in [0.3, 0.4) is 0 Å². The summed E-state index contributed by atoms with van der Waals surface area (Å²) in [7, 11) is -1.20. The maximum Gasteiger partial charge on any atom is 0.264 e. The Morgan fingerprint density at radius 1 is 0.882 bits per heavy atom. The number of rotatable bonds is 11. The smallest absolute Gasteiger partial charge is 0.264 e. The lowest BCUT2D eigenvalue weighted by Crippen LogP contribution is -2.40. The first kappa shape index (κ1) is 24.9. The lowest BCUT2D eigenvalue weighted by Gasteiger charge is -2.24. The van der Waals surface area contributed by atoms with Crippen molar-refractivity contribution in [2.75, 3.05) is 31.7 Å². The highest BCUT2D eigenvalue weighted by molar-refractivity contribution is 7.92. The highest BCUT2D eigenvalue weighted by Gasteiger charge is 2.28. The summed E-state index contributed by atoms with van der Waals surface area (Å²) >= 11 is 0. The zero-order valence-corrected chi connectivity index (χ0v) is 20.2. The Morgan fingerprint density at radius 2 is 1.56 bits per heavy atom. The lowest BCUT2D eigenvalue weighted by molar-refractivity contribution is -0.119. The summed E-state index contributed by atoms with van der Waals surface area (Å²) in [4.78, 5) is 12.8. The Hall–Kier alpha value is -3.72. The number of carbonyl (C=O) groups excluding carboxylic acids is 1. The molecule has 0 saturated carbocycles. The number of methoxy groups -OCH3 is 2. The monoisotopic (exact) mass is 484 g/mol. The SMILES string of the molecule is CCOc1ccccc1CNC(=O)CN(c1ccccc1)S(=O)(=O)c1ccc(OC)c(OC)c1. The Kier molecular flexibility index (Phi) is 8.37. The predicted molar refractivity (Wildman–Crippen MR) is 130 cm³/mol. The summed E-state index contributed by atoms with van der Waals surface area (Å²) in [6.45, 7) is 2.17. The number of anilines is 1. The van der Waals surface area contributed by atoms with E-state index in [0.717, 1.165) is 9.87 Å². The third-order valence-corrected chi connectivity index (χ3v) is 6.79. The molecule has 0 spiro atoms. The molecule has 8 nitrogen and oxygen atoms in total. The summed E-state index contributed by atoms with van der Waals surface area (Å²) in [5, 5.41) is 2.79. The molecule has 0 aliphatic carbocycles. The molecule has 0 aliphatic heterocycles. The summed E-state index contributed by atoms with van der Waals surface area (Å²) < 4.78 is 44.3. The second kappa shape index (κ2) is 11.4. The fraction of sp³-hybridized carbons (Fsp3) is 0.240. The molecule has 3 aromatic rings. The second-order valence-electron chi connectivity index (χ2n) is 7.18. The van der Waals surface area contributed by atoms with Crippen LogP contribution in [0.2, 0.25) is 0 Å². The van der Waals surface area contributed by atoms with Crippen LogP contribution in [-0.2, 0) is 21.4 Å². The fourth-order valence-corrected chi connectivity index (χ4v) is 4.78. The lowest BCUT2D eigenvalue weighted by atomic mass is 10.2. The molecule has 180 valence electrons. The van der Waals surface area contributed by atoms with Gasteiger partial charge in [0.15, 0.2) is 11.5 Å². The molecule has 3 aromatic carbocycles. The molecule has 3 rings (SSSR count). The van der Waals surface area contributed by atoms with Crippen LogP contribution in [0.15, 0.2) is 77.7 Å². The summed E-state index contributed by atoms with van der Waals surface area (Å²) in [6, 6.07) is 20.1. The van der Waals surface area contributed by atoms with Crippen LogP contribution >= 0.6 is 0 Å². The van der Waals surface area contributed by atoms with Crippen molar-refractivity contribution in [3.63, 3.8) is 0 Å². The molecule has 9 heteroatoms. The van der Waals surface area contributed by atoms with E-state index in [9.17, 15) is 13.2 Å². The standard InChI is InChI=1S/C25H28N2O6S/c1-4-33-22-13-9-8-10-19(22)17-26-25(28)18-27(20-11-6-5-7-12-20)34(29,30)21-14-15-23(31-2)24(16-21)32-3/h5-16H,4,17-18H2,1-3H3,(H,26,28). The number of nitrogens with one attached hydrogen (secondary N) is 1. The van der Waals surface area contributed by atoms with E-state index in [4.69, 9.17) is 14.2 Å². The van der Waals surface area contributed by atoms with Crippen LogP contribution in [-0.4, -0.2) is 41.7 Å². The maximum absolute atomic E-state index is 13.6. The molecule has 0 heterocycles. The molecule has 0 bridgehead atoms. The largest absolute Gasteiger partial charge is 0.494 e. The van der Waals surface area contributed by atoms with Gasteiger partial charge in [-0.1, -0.05) is 36.4 Å². The van der Waals surface area contributed by atoms with E-state index < -0.39 is 22.5 Å². The van der Waals surface area contributed by atoms with Crippen LogP contribution in [0.5, 0.6) is 17.2 Å². The van der Waals surface area contributed by atoms with Gasteiger partial charge in [-0.05, 0) is 37.3 Å². The van der Waals surface area contributed by atoms with E-state index in [2.05, 4.69) is 5.32 Å². The van der Waals surface area contributed by atoms with Gasteiger partial charge in [-0.25, -0.2) is 8.42 Å². The Morgan fingerprint density at radius 3 is 2.24 bits per heavy atom. The minimum atomic E-state index is -4.09. The van der Waals surface area contributed by atoms with Gasteiger partial charge in [0.2, 0.25) is 5.91 Å².